The molecule has 0 aromatic rings. The van der Waals surface area contributed by atoms with Gasteiger partial charge in [-0.1, -0.05) is 0 Å². The molecule has 1 rings (SSSR count). The molecule has 17 heavy (non-hydrogen) atoms. The van der Waals surface area contributed by atoms with Crippen molar-refractivity contribution in [3.05, 3.63) is 0 Å². The molecule has 1 unspecified atom stereocenters. The van der Waals surface area contributed by atoms with Crippen LogP contribution in [0.2, 0.25) is 0 Å². The van der Waals surface area contributed by atoms with Crippen LogP contribution in [0.1, 0.15) is 42.0 Å². The molecule has 4 nitrogen and oxygen atoms in total. The van der Waals surface area contributed by atoms with Gasteiger partial charge < -0.3 is 12.3 Å². The van der Waals surface area contributed by atoms with Gasteiger partial charge in [0, 0.05) is 11.1 Å². The fourth-order valence-corrected chi connectivity index (χ4v) is 2.90. The number of likely N-dealkylation sites (tertiary alicyclic amines) is 1. The van der Waals surface area contributed by atoms with Gasteiger partial charge in [-0.2, -0.15) is 0 Å². The molecule has 1 aliphatic heterocycles. The van der Waals surface area contributed by atoms with E-state index in [1.54, 1.807) is 0 Å². The minimum Gasteiger partial charge on any atom is -1.00 e. The Hall–Kier alpha value is 0.390. The van der Waals surface area contributed by atoms with Crippen LogP contribution in [0.4, 0.5) is 0 Å². The number of aliphatic carboxylic acids is 1. The Morgan fingerprint density at radius 3 is 2.00 bits per heavy atom. The maximum Gasteiger partial charge on any atom is 1.00 e. The first-order valence-corrected chi connectivity index (χ1v) is 5.80. The summed E-state index contributed by atoms with van der Waals surface area (Å²) in [6, 6.07) is -0.743. The molecule has 3 N–H and O–H groups in total. The Morgan fingerprint density at radius 2 is 1.71 bits per heavy atom. The molecule has 0 saturated carbocycles. The second-order valence-corrected chi connectivity index (χ2v) is 6.22. The van der Waals surface area contributed by atoms with Crippen molar-refractivity contribution in [2.45, 2.75) is 57.7 Å². The van der Waals surface area contributed by atoms with E-state index in [2.05, 4.69) is 39.6 Å². The normalized spacial score (nSPS) is 26.0. The molecule has 5 heteroatoms. The third-order valence-corrected chi connectivity index (χ3v) is 4.13. The van der Waals surface area contributed by atoms with Gasteiger partial charge in [0.2, 0.25) is 0 Å². The first-order chi connectivity index (χ1) is 7.08. The minimum atomic E-state index is -0.888. The fraction of sp³-hybridized carbons (Fsp3) is 0.917. The van der Waals surface area contributed by atoms with E-state index in [4.69, 9.17) is 10.8 Å². The van der Waals surface area contributed by atoms with Crippen LogP contribution >= 0.6 is 0 Å². The Balaban J connectivity index is 0. The maximum absolute atomic E-state index is 11.0. The van der Waals surface area contributed by atoms with Gasteiger partial charge in [0.25, 0.3) is 0 Å². The number of piperidine rings is 1. The number of nitrogens with zero attached hydrogens (tertiary/aromatic N) is 1. The monoisotopic (exact) mass is 252 g/mol. The van der Waals surface area contributed by atoms with E-state index < -0.39 is 12.0 Å². The molecule has 0 aliphatic carbocycles. The van der Waals surface area contributed by atoms with Gasteiger partial charge in [-0.25, -0.2) is 0 Å². The summed E-state index contributed by atoms with van der Waals surface area (Å²) in [5.41, 5.74) is 5.76. The molecule has 0 bridgehead atoms. The third-order valence-electron chi connectivity index (χ3n) is 4.13. The smallest absolute Gasteiger partial charge is 1.00 e. The van der Waals surface area contributed by atoms with Crippen molar-refractivity contribution < 1.29 is 40.9 Å². The molecule has 1 saturated heterocycles. The summed E-state index contributed by atoms with van der Waals surface area (Å²) in [5.74, 6) is -0.833. The summed E-state index contributed by atoms with van der Waals surface area (Å²) < 4.78 is 0. The average molecular weight is 252 g/mol. The molecule has 0 aromatic carbocycles. The van der Waals surface area contributed by atoms with E-state index in [9.17, 15) is 4.79 Å². The predicted octanol–water partition coefficient (Wildman–Crippen LogP) is -1.59. The number of carbonyl (C=O) groups is 1. The number of nitrogens with two attached hydrogens (primary N) is 1. The number of carboxylic acid groups (broad SMARTS) is 1. The van der Waals surface area contributed by atoms with Crippen LogP contribution in [-0.4, -0.2) is 40.1 Å². The van der Waals surface area contributed by atoms with Crippen LogP contribution in [0.15, 0.2) is 0 Å². The summed E-state index contributed by atoms with van der Waals surface area (Å²) in [5, 5.41) is 9.00. The van der Waals surface area contributed by atoms with E-state index in [0.717, 1.165) is 12.8 Å². The molecule has 1 atom stereocenters. The van der Waals surface area contributed by atoms with Gasteiger partial charge >= 0.3 is 35.5 Å². The zero-order valence-electron chi connectivity index (χ0n) is 12.9. The topological polar surface area (TPSA) is 66.6 Å². The van der Waals surface area contributed by atoms with Crippen LogP contribution in [0, 0.1) is 5.92 Å². The number of hydrogen-bond acceptors (Lipinski definition) is 3. The molecule has 0 spiro atoms. The second-order valence-electron chi connectivity index (χ2n) is 6.22. The molecule has 1 fully saturated rings. The van der Waals surface area contributed by atoms with Crippen LogP contribution in [0.25, 0.3) is 0 Å². The van der Waals surface area contributed by atoms with E-state index >= 15 is 0 Å². The van der Waals surface area contributed by atoms with Gasteiger partial charge in [-0.05, 0) is 53.5 Å². The van der Waals surface area contributed by atoms with Gasteiger partial charge in [-0.15, -0.1) is 0 Å². The predicted molar refractivity (Wildman–Crippen MR) is 65.4 cm³/mol. The molecule has 1 heterocycles. The maximum atomic E-state index is 11.0. The number of hydrogen-bond donors (Lipinski definition) is 2. The largest absolute Gasteiger partial charge is 1.00 e. The third kappa shape index (κ3) is 3.67. The van der Waals surface area contributed by atoms with Crippen molar-refractivity contribution in [1.82, 2.24) is 4.90 Å². The van der Waals surface area contributed by atoms with Crippen LogP contribution < -0.4 is 35.3 Å². The first kappa shape index (κ1) is 17.4. The van der Waals surface area contributed by atoms with E-state index in [0.29, 0.717) is 0 Å². The quantitative estimate of drug-likeness (QED) is 0.582. The van der Waals surface area contributed by atoms with Crippen molar-refractivity contribution in [2.24, 2.45) is 11.7 Å². The molecule has 0 radical (unpaired) electrons. The minimum absolute atomic E-state index is 0. The SMILES string of the molecule is CN1C(C)(C)CC(C(N)C(=O)O)CC1(C)C.[H-].[Na+]. The van der Waals surface area contributed by atoms with E-state index in [1.165, 1.54) is 0 Å². The summed E-state index contributed by atoms with van der Waals surface area (Å²) in [6.45, 7) is 8.59. The van der Waals surface area contributed by atoms with Gasteiger partial charge in [0.15, 0.2) is 0 Å². The number of carboxylic acids is 1. The fourth-order valence-electron chi connectivity index (χ4n) is 2.90. The average Bonchev–Trinajstić information content (AvgIpc) is 2.11. The molecule has 0 amide bonds. The van der Waals surface area contributed by atoms with Crippen LogP contribution in [-0.2, 0) is 4.79 Å². The first-order valence-electron chi connectivity index (χ1n) is 5.80. The van der Waals surface area contributed by atoms with Crippen molar-refractivity contribution in [3.8, 4) is 0 Å². The Morgan fingerprint density at radius 1 is 1.35 bits per heavy atom. The van der Waals surface area contributed by atoms with Crippen LogP contribution in [0.5, 0.6) is 0 Å². The summed E-state index contributed by atoms with van der Waals surface area (Å²) in [7, 11) is 2.10. The summed E-state index contributed by atoms with van der Waals surface area (Å²) in [6.07, 6.45) is 1.67. The number of rotatable bonds is 2. The zero-order valence-corrected chi connectivity index (χ0v) is 13.9. The molecule has 1 aliphatic rings. The second kappa shape index (κ2) is 5.57. The van der Waals surface area contributed by atoms with Crippen molar-refractivity contribution in [3.63, 3.8) is 0 Å². The van der Waals surface area contributed by atoms with Gasteiger partial charge in [0.1, 0.15) is 6.04 Å². The van der Waals surface area contributed by atoms with Crippen molar-refractivity contribution in [1.29, 1.82) is 0 Å². The van der Waals surface area contributed by atoms with E-state index in [1.807, 2.05) is 0 Å². The van der Waals surface area contributed by atoms with Crippen molar-refractivity contribution >= 4 is 5.97 Å². The van der Waals surface area contributed by atoms with Gasteiger partial charge in [-0.3, -0.25) is 9.69 Å². The molecule has 96 valence electrons. The van der Waals surface area contributed by atoms with Gasteiger partial charge in [0.05, 0.1) is 0 Å². The van der Waals surface area contributed by atoms with Crippen molar-refractivity contribution in [2.75, 3.05) is 7.05 Å². The summed E-state index contributed by atoms with van der Waals surface area (Å²) in [4.78, 5) is 13.3. The zero-order chi connectivity index (χ0) is 12.7. The van der Waals surface area contributed by atoms with E-state index in [-0.39, 0.29) is 48.0 Å². The Bertz CT molecular complexity index is 280. The molecule has 0 aromatic heterocycles. The Labute approximate surface area is 128 Å². The molecular weight excluding hydrogens is 227 g/mol. The molecular formula is C12H25N2NaO2. The summed E-state index contributed by atoms with van der Waals surface area (Å²) >= 11 is 0. The standard InChI is InChI=1S/C12H24N2O2.Na.H/c1-11(2)6-8(9(13)10(15)16)7-12(3,4)14(11)5;;/h8-9H,6-7,13H2,1-5H3,(H,15,16);;/q;+1;-1. The Kier molecular flexibility index (Phi) is 5.70. The van der Waals surface area contributed by atoms with Crippen LogP contribution in [0.3, 0.4) is 0 Å².